The maximum absolute atomic E-state index is 9.13. The zero-order valence-electron chi connectivity index (χ0n) is 9.83. The topological polar surface area (TPSA) is 75.8 Å². The molecule has 19 heavy (non-hydrogen) atoms. The zero-order valence-corrected chi connectivity index (χ0v) is 10.6. The van der Waals surface area contributed by atoms with Crippen molar-refractivity contribution in [1.29, 1.82) is 5.26 Å². The number of pyridine rings is 1. The van der Waals surface area contributed by atoms with E-state index in [4.69, 9.17) is 15.4 Å². The summed E-state index contributed by atoms with van der Waals surface area (Å²) in [6, 6.07) is 9.54. The van der Waals surface area contributed by atoms with Gasteiger partial charge in [0.05, 0.1) is 16.8 Å². The van der Waals surface area contributed by atoms with Crippen molar-refractivity contribution in [2.45, 2.75) is 0 Å². The predicted octanol–water partition coefficient (Wildman–Crippen LogP) is 3.52. The van der Waals surface area contributed by atoms with Crippen molar-refractivity contribution in [3.05, 3.63) is 47.8 Å². The SMILES string of the molecule is N#Cc1sc(-c2ccco2)c(-c2cccnc2)c1N. The number of nitrogen functional groups attached to an aromatic ring is 1. The molecule has 3 rings (SSSR count). The lowest BCUT2D eigenvalue weighted by Gasteiger charge is -2.02. The van der Waals surface area contributed by atoms with Gasteiger partial charge >= 0.3 is 0 Å². The number of nitrogens with two attached hydrogens (primary N) is 1. The number of hydrogen-bond acceptors (Lipinski definition) is 5. The second-order valence-electron chi connectivity index (χ2n) is 3.88. The molecule has 92 valence electrons. The lowest BCUT2D eigenvalue weighted by atomic mass is 10.1. The highest BCUT2D eigenvalue weighted by molar-refractivity contribution is 7.17. The summed E-state index contributed by atoms with van der Waals surface area (Å²) in [6.45, 7) is 0. The quantitative estimate of drug-likeness (QED) is 0.770. The van der Waals surface area contributed by atoms with E-state index in [1.807, 2.05) is 24.3 Å². The van der Waals surface area contributed by atoms with Crippen LogP contribution in [0.3, 0.4) is 0 Å². The number of nitrogens with zero attached hydrogens (tertiary/aromatic N) is 2. The molecule has 0 aliphatic heterocycles. The molecule has 0 atom stereocenters. The van der Waals surface area contributed by atoms with Gasteiger partial charge in [0.15, 0.2) is 0 Å². The van der Waals surface area contributed by atoms with Crippen molar-refractivity contribution in [2.75, 3.05) is 5.73 Å². The molecule has 0 amide bonds. The number of rotatable bonds is 2. The number of furan rings is 1. The maximum Gasteiger partial charge on any atom is 0.144 e. The van der Waals surface area contributed by atoms with Crippen LogP contribution in [0.4, 0.5) is 5.69 Å². The summed E-state index contributed by atoms with van der Waals surface area (Å²) >= 11 is 1.33. The van der Waals surface area contributed by atoms with E-state index >= 15 is 0 Å². The Balaban J connectivity index is 2.29. The van der Waals surface area contributed by atoms with E-state index in [-0.39, 0.29) is 0 Å². The molecule has 0 unspecified atom stereocenters. The van der Waals surface area contributed by atoms with Gasteiger partial charge in [-0.1, -0.05) is 6.07 Å². The Kier molecular flexibility index (Phi) is 2.78. The Morgan fingerprint density at radius 2 is 2.21 bits per heavy atom. The normalized spacial score (nSPS) is 10.3. The highest BCUT2D eigenvalue weighted by atomic mass is 32.1. The Hall–Kier alpha value is -2.58. The van der Waals surface area contributed by atoms with Gasteiger partial charge in [-0.25, -0.2) is 0 Å². The summed E-state index contributed by atoms with van der Waals surface area (Å²) < 4.78 is 5.42. The van der Waals surface area contributed by atoms with Crippen LogP contribution >= 0.6 is 11.3 Å². The summed E-state index contributed by atoms with van der Waals surface area (Å²) in [5.74, 6) is 0.706. The van der Waals surface area contributed by atoms with E-state index in [9.17, 15) is 0 Å². The highest BCUT2D eigenvalue weighted by Crippen LogP contribution is 2.44. The van der Waals surface area contributed by atoms with E-state index in [0.717, 1.165) is 16.0 Å². The first kappa shape index (κ1) is 11.5. The lowest BCUT2D eigenvalue weighted by molar-refractivity contribution is 0.584. The minimum Gasteiger partial charge on any atom is -0.463 e. The summed E-state index contributed by atoms with van der Waals surface area (Å²) in [4.78, 5) is 5.44. The van der Waals surface area contributed by atoms with Crippen molar-refractivity contribution in [3.8, 4) is 27.8 Å². The molecule has 0 spiro atoms. The van der Waals surface area contributed by atoms with Crippen LogP contribution in [0.2, 0.25) is 0 Å². The molecule has 0 fully saturated rings. The highest BCUT2D eigenvalue weighted by Gasteiger charge is 2.20. The fourth-order valence-corrected chi connectivity index (χ4v) is 2.91. The van der Waals surface area contributed by atoms with Crippen LogP contribution in [-0.4, -0.2) is 4.98 Å². The van der Waals surface area contributed by atoms with Crippen LogP contribution in [-0.2, 0) is 0 Å². The van der Waals surface area contributed by atoms with Gasteiger partial charge in [-0.05, 0) is 18.2 Å². The number of aromatic nitrogens is 1. The molecule has 0 aromatic carbocycles. The van der Waals surface area contributed by atoms with Crippen molar-refractivity contribution in [2.24, 2.45) is 0 Å². The van der Waals surface area contributed by atoms with Crippen molar-refractivity contribution < 1.29 is 4.42 Å². The largest absolute Gasteiger partial charge is 0.463 e. The minimum absolute atomic E-state index is 0.479. The van der Waals surface area contributed by atoms with Gasteiger partial charge in [0, 0.05) is 23.5 Å². The summed E-state index contributed by atoms with van der Waals surface area (Å²) in [5.41, 5.74) is 8.24. The third-order valence-electron chi connectivity index (χ3n) is 2.74. The Bertz CT molecular complexity index is 739. The van der Waals surface area contributed by atoms with Gasteiger partial charge in [-0.15, -0.1) is 11.3 Å². The van der Waals surface area contributed by atoms with Crippen LogP contribution < -0.4 is 5.73 Å². The van der Waals surface area contributed by atoms with Gasteiger partial charge < -0.3 is 10.2 Å². The van der Waals surface area contributed by atoms with E-state index in [1.165, 1.54) is 11.3 Å². The summed E-state index contributed by atoms with van der Waals surface area (Å²) in [7, 11) is 0. The second-order valence-corrected chi connectivity index (χ2v) is 4.90. The third kappa shape index (κ3) is 1.88. The number of thiophene rings is 1. The van der Waals surface area contributed by atoms with Crippen LogP contribution in [0.25, 0.3) is 21.8 Å². The molecular weight excluding hydrogens is 258 g/mol. The zero-order chi connectivity index (χ0) is 13.2. The monoisotopic (exact) mass is 267 g/mol. The van der Waals surface area contributed by atoms with Crippen LogP contribution in [0, 0.1) is 11.3 Å². The predicted molar refractivity (Wildman–Crippen MR) is 74.4 cm³/mol. The van der Waals surface area contributed by atoms with Crippen LogP contribution in [0.15, 0.2) is 47.3 Å². The fourth-order valence-electron chi connectivity index (χ4n) is 1.91. The van der Waals surface area contributed by atoms with E-state index < -0.39 is 0 Å². The molecule has 0 radical (unpaired) electrons. The fraction of sp³-hybridized carbons (Fsp3) is 0. The molecule has 0 aliphatic carbocycles. The average molecular weight is 267 g/mol. The van der Waals surface area contributed by atoms with Crippen molar-refractivity contribution in [3.63, 3.8) is 0 Å². The second kappa shape index (κ2) is 4.59. The first-order valence-corrected chi connectivity index (χ1v) is 6.39. The van der Waals surface area contributed by atoms with E-state index in [1.54, 1.807) is 18.7 Å². The molecule has 0 aliphatic rings. The Labute approximate surface area is 113 Å². The van der Waals surface area contributed by atoms with Gasteiger partial charge in [0.25, 0.3) is 0 Å². The van der Waals surface area contributed by atoms with Crippen molar-refractivity contribution in [1.82, 2.24) is 4.98 Å². The molecule has 2 N–H and O–H groups in total. The van der Waals surface area contributed by atoms with Gasteiger partial charge in [-0.3, -0.25) is 4.98 Å². The lowest BCUT2D eigenvalue weighted by Crippen LogP contribution is -1.89. The number of nitriles is 1. The smallest absolute Gasteiger partial charge is 0.144 e. The average Bonchev–Trinajstić information content (AvgIpc) is 3.07. The van der Waals surface area contributed by atoms with Gasteiger partial charge in [-0.2, -0.15) is 5.26 Å². The first-order chi connectivity index (χ1) is 9.31. The van der Waals surface area contributed by atoms with E-state index in [0.29, 0.717) is 16.3 Å². The van der Waals surface area contributed by atoms with Gasteiger partial charge in [0.2, 0.25) is 0 Å². The molecule has 0 bridgehead atoms. The van der Waals surface area contributed by atoms with Crippen molar-refractivity contribution >= 4 is 17.0 Å². The molecule has 3 heterocycles. The van der Waals surface area contributed by atoms with Gasteiger partial charge in [0.1, 0.15) is 16.7 Å². The molecule has 0 saturated carbocycles. The van der Waals surface area contributed by atoms with Crippen LogP contribution in [0.5, 0.6) is 0 Å². The first-order valence-electron chi connectivity index (χ1n) is 5.58. The van der Waals surface area contributed by atoms with Crippen LogP contribution in [0.1, 0.15) is 4.88 Å². The standard InChI is InChI=1S/C14H9N3OS/c15-7-11-13(16)12(9-3-1-5-17-8-9)14(19-11)10-4-2-6-18-10/h1-6,8H,16H2. The van der Waals surface area contributed by atoms with E-state index in [2.05, 4.69) is 11.1 Å². The molecule has 5 heteroatoms. The number of anilines is 1. The molecule has 4 nitrogen and oxygen atoms in total. The summed E-state index contributed by atoms with van der Waals surface area (Å²) in [6.07, 6.45) is 5.03. The molecule has 3 aromatic heterocycles. The Morgan fingerprint density at radius 1 is 1.32 bits per heavy atom. The third-order valence-corrected chi connectivity index (χ3v) is 3.87. The minimum atomic E-state index is 0.479. The maximum atomic E-state index is 9.13. The Morgan fingerprint density at radius 3 is 2.84 bits per heavy atom. The molecule has 3 aromatic rings. The number of hydrogen-bond donors (Lipinski definition) is 1. The summed E-state index contributed by atoms with van der Waals surface area (Å²) in [5, 5.41) is 9.13. The molecular formula is C14H9N3OS. The molecule has 0 saturated heterocycles.